The summed E-state index contributed by atoms with van der Waals surface area (Å²) in [6, 6.07) is 15.0. The number of ether oxygens (including phenoxy) is 1. The quantitative estimate of drug-likeness (QED) is 0.270. The van der Waals surface area contributed by atoms with Crippen molar-refractivity contribution < 1.29 is 38.5 Å². The number of hydrogen-bond donors (Lipinski definition) is 2. The molecule has 9 nitrogen and oxygen atoms in total. The first-order valence-corrected chi connectivity index (χ1v) is 15.9. The van der Waals surface area contributed by atoms with Crippen molar-refractivity contribution in [3.63, 3.8) is 0 Å². The molecule has 0 aromatic heterocycles. The standard InChI is InChI=1S/C36H32ClFN2O7/c1-36-24(33(44)40(35(36)46)19-8-13-26(38)25(37)16-19)17-23-21(31(36)30-27(42)4-3-5-28(30)47-2)11-12-22-29(23)34(45)39(32(22)43)15-14-18-6-9-20(41)10-7-18/h3-11,13,16,22-24,29,31,41-42H,12,14-15,17H2,1-2H3. The number of likely N-dealkylation sites (tertiary alicyclic amines) is 1. The van der Waals surface area contributed by atoms with Crippen LogP contribution in [0.25, 0.3) is 0 Å². The van der Waals surface area contributed by atoms with Crippen LogP contribution in [-0.4, -0.2) is 52.4 Å². The molecule has 0 spiro atoms. The number of phenols is 2. The molecule has 11 heteroatoms. The Morgan fingerprint density at radius 3 is 2.43 bits per heavy atom. The number of aromatic hydroxyl groups is 2. The molecule has 3 fully saturated rings. The van der Waals surface area contributed by atoms with E-state index < -0.39 is 52.6 Å². The van der Waals surface area contributed by atoms with Gasteiger partial charge >= 0.3 is 0 Å². The lowest BCUT2D eigenvalue weighted by Gasteiger charge is -2.49. The van der Waals surface area contributed by atoms with Crippen LogP contribution < -0.4 is 9.64 Å². The summed E-state index contributed by atoms with van der Waals surface area (Å²) in [7, 11) is 1.45. The van der Waals surface area contributed by atoms with Crippen molar-refractivity contribution in [1.29, 1.82) is 0 Å². The Morgan fingerprint density at radius 2 is 1.72 bits per heavy atom. The van der Waals surface area contributed by atoms with Crippen LogP contribution in [0.15, 0.2) is 72.3 Å². The zero-order valence-corrected chi connectivity index (χ0v) is 26.4. The van der Waals surface area contributed by atoms with Gasteiger partial charge in [-0.05, 0) is 80.1 Å². The summed E-state index contributed by atoms with van der Waals surface area (Å²) in [5.74, 6) is -5.88. The summed E-state index contributed by atoms with van der Waals surface area (Å²) < 4.78 is 19.8. The molecule has 6 atom stereocenters. The van der Waals surface area contributed by atoms with Gasteiger partial charge in [-0.2, -0.15) is 0 Å². The van der Waals surface area contributed by atoms with Gasteiger partial charge in [0.2, 0.25) is 23.6 Å². The first kappa shape index (κ1) is 30.9. The molecule has 2 aliphatic carbocycles. The summed E-state index contributed by atoms with van der Waals surface area (Å²) in [5.41, 5.74) is 0.564. The smallest absolute Gasteiger partial charge is 0.241 e. The van der Waals surface area contributed by atoms with E-state index in [1.54, 1.807) is 43.3 Å². The van der Waals surface area contributed by atoms with Crippen LogP contribution in [0.3, 0.4) is 0 Å². The van der Waals surface area contributed by atoms with E-state index >= 15 is 0 Å². The van der Waals surface area contributed by atoms with Crippen LogP contribution in [0.4, 0.5) is 10.1 Å². The van der Waals surface area contributed by atoms with Gasteiger partial charge in [0.05, 0.1) is 41.0 Å². The van der Waals surface area contributed by atoms with Crippen LogP contribution in [0.5, 0.6) is 17.2 Å². The molecule has 2 aliphatic heterocycles. The van der Waals surface area contributed by atoms with Gasteiger partial charge in [-0.1, -0.05) is 41.4 Å². The molecule has 47 heavy (non-hydrogen) atoms. The molecular weight excluding hydrogens is 627 g/mol. The lowest BCUT2D eigenvalue weighted by Crippen LogP contribution is -2.49. The van der Waals surface area contributed by atoms with Gasteiger partial charge < -0.3 is 14.9 Å². The second-order valence-corrected chi connectivity index (χ2v) is 13.3. The highest BCUT2D eigenvalue weighted by Gasteiger charge is 2.68. The van der Waals surface area contributed by atoms with Gasteiger partial charge in [-0.25, -0.2) is 9.29 Å². The molecule has 2 heterocycles. The zero-order chi connectivity index (χ0) is 33.4. The number of imide groups is 2. The predicted octanol–water partition coefficient (Wildman–Crippen LogP) is 5.37. The Bertz CT molecular complexity index is 1880. The van der Waals surface area contributed by atoms with Crippen molar-refractivity contribution in [3.8, 4) is 17.2 Å². The molecule has 4 amide bonds. The number of hydrogen-bond acceptors (Lipinski definition) is 7. The number of amides is 4. The Balaban J connectivity index is 1.32. The predicted molar refractivity (Wildman–Crippen MR) is 169 cm³/mol. The summed E-state index contributed by atoms with van der Waals surface area (Å²) >= 11 is 6.07. The van der Waals surface area contributed by atoms with E-state index in [1.807, 2.05) is 6.08 Å². The highest BCUT2D eigenvalue weighted by atomic mass is 35.5. The van der Waals surface area contributed by atoms with Crippen molar-refractivity contribution in [1.82, 2.24) is 4.90 Å². The molecular formula is C36H32ClFN2O7. The number of allylic oxidation sites excluding steroid dienone is 2. The molecule has 1 saturated carbocycles. The Kier molecular flexibility index (Phi) is 7.39. The molecule has 2 saturated heterocycles. The lowest BCUT2D eigenvalue weighted by molar-refractivity contribution is -0.140. The van der Waals surface area contributed by atoms with E-state index in [-0.39, 0.29) is 53.4 Å². The molecule has 242 valence electrons. The molecule has 3 aromatic rings. The molecule has 3 aromatic carbocycles. The van der Waals surface area contributed by atoms with Crippen LogP contribution in [0.1, 0.15) is 36.8 Å². The van der Waals surface area contributed by atoms with Crippen molar-refractivity contribution >= 4 is 40.9 Å². The third kappa shape index (κ3) is 4.56. The van der Waals surface area contributed by atoms with E-state index in [4.69, 9.17) is 16.3 Å². The van der Waals surface area contributed by atoms with Crippen molar-refractivity contribution in [2.45, 2.75) is 32.1 Å². The maximum atomic E-state index is 14.5. The minimum Gasteiger partial charge on any atom is -0.508 e. The molecule has 0 bridgehead atoms. The fraction of sp³-hybridized carbons (Fsp3) is 0.333. The van der Waals surface area contributed by atoms with E-state index in [0.29, 0.717) is 23.3 Å². The van der Waals surface area contributed by atoms with Crippen LogP contribution in [0.2, 0.25) is 5.02 Å². The highest BCUT2D eigenvalue weighted by Crippen LogP contribution is 2.65. The molecule has 6 unspecified atom stereocenters. The molecule has 4 aliphatic rings. The Labute approximate surface area is 275 Å². The van der Waals surface area contributed by atoms with Crippen molar-refractivity contribution in [3.05, 3.63) is 94.3 Å². The van der Waals surface area contributed by atoms with Crippen LogP contribution in [0, 0.1) is 34.9 Å². The Hall–Kier alpha value is -4.70. The maximum Gasteiger partial charge on any atom is 0.241 e. The normalized spacial score (nSPS) is 28.3. The number of halogens is 2. The van der Waals surface area contributed by atoms with Gasteiger partial charge in [0.1, 0.15) is 23.1 Å². The second-order valence-electron chi connectivity index (χ2n) is 12.9. The van der Waals surface area contributed by atoms with Gasteiger partial charge in [-0.3, -0.25) is 24.1 Å². The maximum absolute atomic E-state index is 14.5. The number of carbonyl (C=O) groups excluding carboxylic acids is 4. The number of methoxy groups -OCH3 is 1. The second kappa shape index (κ2) is 11.2. The number of nitrogens with zero attached hydrogens (tertiary/aromatic N) is 2. The van der Waals surface area contributed by atoms with Gasteiger partial charge in [0, 0.05) is 18.0 Å². The monoisotopic (exact) mass is 658 g/mol. The molecule has 2 N–H and O–H groups in total. The Morgan fingerprint density at radius 1 is 0.979 bits per heavy atom. The zero-order valence-electron chi connectivity index (χ0n) is 25.7. The first-order valence-electron chi connectivity index (χ1n) is 15.5. The summed E-state index contributed by atoms with van der Waals surface area (Å²) in [4.78, 5) is 59.0. The van der Waals surface area contributed by atoms with Gasteiger partial charge in [-0.15, -0.1) is 0 Å². The fourth-order valence-corrected chi connectivity index (χ4v) is 8.56. The van der Waals surface area contributed by atoms with Gasteiger partial charge in [0.25, 0.3) is 0 Å². The molecule has 7 rings (SSSR count). The number of fused-ring (bicyclic) bond motifs is 4. The summed E-state index contributed by atoms with van der Waals surface area (Å²) in [6.07, 6.45) is 2.68. The van der Waals surface area contributed by atoms with E-state index in [1.165, 1.54) is 30.2 Å². The fourth-order valence-electron chi connectivity index (χ4n) is 8.38. The third-order valence-electron chi connectivity index (χ3n) is 10.6. The third-order valence-corrected chi connectivity index (χ3v) is 10.9. The average Bonchev–Trinajstić information content (AvgIpc) is 3.41. The SMILES string of the molecule is COc1cccc(O)c1C1C2=CCC3C(=O)N(CCc4ccc(O)cc4)C(=O)C3C2CC2C(=O)N(c3ccc(F)c(Cl)c3)C(=O)C21C. The minimum atomic E-state index is -1.43. The minimum absolute atomic E-state index is 0.118. The van der Waals surface area contributed by atoms with Crippen LogP contribution in [-0.2, 0) is 25.6 Å². The topological polar surface area (TPSA) is 124 Å². The number of rotatable bonds is 6. The number of anilines is 1. The van der Waals surface area contributed by atoms with E-state index in [9.17, 15) is 33.8 Å². The van der Waals surface area contributed by atoms with Crippen molar-refractivity contribution in [2.75, 3.05) is 18.6 Å². The lowest BCUT2D eigenvalue weighted by atomic mass is 9.51. The van der Waals surface area contributed by atoms with Crippen LogP contribution >= 0.6 is 11.6 Å². The van der Waals surface area contributed by atoms with Gasteiger partial charge in [0.15, 0.2) is 0 Å². The first-order chi connectivity index (χ1) is 22.5. The summed E-state index contributed by atoms with van der Waals surface area (Å²) in [6.45, 7) is 1.85. The average molecular weight is 659 g/mol. The number of carbonyl (C=O) groups is 4. The van der Waals surface area contributed by atoms with E-state index in [0.717, 1.165) is 16.5 Å². The highest BCUT2D eigenvalue weighted by molar-refractivity contribution is 6.31. The largest absolute Gasteiger partial charge is 0.508 e. The van der Waals surface area contributed by atoms with E-state index in [2.05, 4.69) is 0 Å². The summed E-state index contributed by atoms with van der Waals surface area (Å²) in [5, 5.41) is 20.7. The molecule has 0 radical (unpaired) electrons. The number of benzene rings is 3. The number of phenolic OH excluding ortho intramolecular Hbond substituents is 2. The van der Waals surface area contributed by atoms with Crippen molar-refractivity contribution in [2.24, 2.45) is 29.1 Å².